The highest BCUT2D eigenvalue weighted by molar-refractivity contribution is 5.82. The SMILES string of the molecule is CC1(C)CCC(O)(C2(C(=O)O)CN(C(=O)OC(C)(C)C)C2)CC1. The Morgan fingerprint density at radius 1 is 1.04 bits per heavy atom. The van der Waals surface area contributed by atoms with Crippen molar-refractivity contribution in [2.75, 3.05) is 13.1 Å². The van der Waals surface area contributed by atoms with Crippen molar-refractivity contribution in [1.82, 2.24) is 4.90 Å². The second-order valence-corrected chi connectivity index (χ2v) is 8.92. The van der Waals surface area contributed by atoms with Gasteiger partial charge in [-0.3, -0.25) is 4.79 Å². The highest BCUT2D eigenvalue weighted by atomic mass is 16.6. The van der Waals surface area contributed by atoms with Crippen LogP contribution in [0.2, 0.25) is 0 Å². The maximum Gasteiger partial charge on any atom is 0.410 e. The van der Waals surface area contributed by atoms with E-state index in [0.29, 0.717) is 12.8 Å². The molecule has 1 aliphatic carbocycles. The lowest BCUT2D eigenvalue weighted by atomic mass is 9.57. The molecule has 0 radical (unpaired) electrons. The fraction of sp³-hybridized carbons (Fsp3) is 0.882. The number of carboxylic acids is 1. The standard InChI is InChI=1S/C17H29NO5/c1-14(2,3)23-13(21)18-10-16(11-18,12(19)20)17(22)8-6-15(4,5)7-9-17/h22H,6-11H2,1-5H3,(H,19,20). The van der Waals surface area contributed by atoms with E-state index in [1.54, 1.807) is 20.8 Å². The molecule has 1 heterocycles. The number of likely N-dealkylation sites (tertiary alicyclic amines) is 1. The summed E-state index contributed by atoms with van der Waals surface area (Å²) in [5, 5.41) is 20.7. The predicted octanol–water partition coefficient (Wildman–Crippen LogP) is 2.64. The average molecular weight is 327 g/mol. The smallest absolute Gasteiger partial charge is 0.410 e. The van der Waals surface area contributed by atoms with Crippen molar-refractivity contribution >= 4 is 12.1 Å². The Labute approximate surface area is 137 Å². The third-order valence-electron chi connectivity index (χ3n) is 5.30. The number of aliphatic hydroxyl groups is 1. The molecule has 6 nitrogen and oxygen atoms in total. The van der Waals surface area contributed by atoms with Gasteiger partial charge in [0.2, 0.25) is 0 Å². The molecular weight excluding hydrogens is 298 g/mol. The number of rotatable bonds is 2. The van der Waals surface area contributed by atoms with E-state index in [2.05, 4.69) is 13.8 Å². The lowest BCUT2D eigenvalue weighted by molar-refractivity contribution is -0.206. The van der Waals surface area contributed by atoms with Gasteiger partial charge in [0.1, 0.15) is 11.0 Å². The number of carbonyl (C=O) groups excluding carboxylic acids is 1. The first-order valence-electron chi connectivity index (χ1n) is 8.24. The summed E-state index contributed by atoms with van der Waals surface area (Å²) in [6, 6.07) is 0. The number of amides is 1. The Hall–Kier alpha value is -1.30. The van der Waals surface area contributed by atoms with Crippen LogP contribution in [0.5, 0.6) is 0 Å². The molecule has 2 aliphatic rings. The largest absolute Gasteiger partial charge is 0.481 e. The van der Waals surface area contributed by atoms with E-state index in [9.17, 15) is 19.8 Å². The van der Waals surface area contributed by atoms with Gasteiger partial charge in [-0.15, -0.1) is 0 Å². The third kappa shape index (κ3) is 3.32. The molecule has 6 heteroatoms. The number of nitrogens with zero attached hydrogens (tertiary/aromatic N) is 1. The second-order valence-electron chi connectivity index (χ2n) is 8.92. The van der Waals surface area contributed by atoms with Crippen LogP contribution in [-0.4, -0.2) is 51.5 Å². The first-order chi connectivity index (χ1) is 10.3. The van der Waals surface area contributed by atoms with Crippen LogP contribution in [0.25, 0.3) is 0 Å². The Balaban J connectivity index is 2.10. The molecule has 1 saturated heterocycles. The summed E-state index contributed by atoms with van der Waals surface area (Å²) in [6.45, 7) is 9.59. The maximum atomic E-state index is 12.1. The van der Waals surface area contributed by atoms with E-state index in [4.69, 9.17) is 4.74 Å². The minimum absolute atomic E-state index is 0.00811. The van der Waals surface area contributed by atoms with Gasteiger partial charge in [-0.2, -0.15) is 0 Å². The Bertz CT molecular complexity index is 490. The van der Waals surface area contributed by atoms with Gasteiger partial charge in [0.15, 0.2) is 0 Å². The molecule has 0 aromatic carbocycles. The zero-order valence-electron chi connectivity index (χ0n) is 14.8. The van der Waals surface area contributed by atoms with Crippen LogP contribution in [0.4, 0.5) is 4.79 Å². The molecule has 2 rings (SSSR count). The van der Waals surface area contributed by atoms with E-state index in [1.165, 1.54) is 4.90 Å². The van der Waals surface area contributed by atoms with Gasteiger partial charge < -0.3 is 19.8 Å². The Kier molecular flexibility index (Phi) is 4.21. The molecule has 2 fully saturated rings. The minimum Gasteiger partial charge on any atom is -0.481 e. The Morgan fingerprint density at radius 3 is 1.91 bits per heavy atom. The summed E-state index contributed by atoms with van der Waals surface area (Å²) in [5.41, 5.74) is -3.03. The van der Waals surface area contributed by atoms with Gasteiger partial charge in [-0.05, 0) is 51.9 Å². The van der Waals surface area contributed by atoms with Crippen molar-refractivity contribution < 1.29 is 24.5 Å². The van der Waals surface area contributed by atoms with Crippen molar-refractivity contribution in [1.29, 1.82) is 0 Å². The maximum absolute atomic E-state index is 12.1. The van der Waals surface area contributed by atoms with Crippen LogP contribution in [0, 0.1) is 10.8 Å². The van der Waals surface area contributed by atoms with E-state index in [-0.39, 0.29) is 18.5 Å². The molecule has 0 unspecified atom stereocenters. The van der Waals surface area contributed by atoms with Crippen LogP contribution >= 0.6 is 0 Å². The molecular formula is C17H29NO5. The van der Waals surface area contributed by atoms with Crippen molar-refractivity contribution in [3.05, 3.63) is 0 Å². The molecule has 132 valence electrons. The lowest BCUT2D eigenvalue weighted by Gasteiger charge is -2.57. The van der Waals surface area contributed by atoms with Crippen molar-refractivity contribution in [2.45, 2.75) is 71.5 Å². The van der Waals surface area contributed by atoms with Crippen molar-refractivity contribution in [3.63, 3.8) is 0 Å². The van der Waals surface area contributed by atoms with Crippen molar-refractivity contribution in [3.8, 4) is 0 Å². The van der Waals surface area contributed by atoms with Crippen LogP contribution in [0.15, 0.2) is 0 Å². The van der Waals surface area contributed by atoms with Crippen LogP contribution in [-0.2, 0) is 9.53 Å². The first-order valence-corrected chi connectivity index (χ1v) is 8.24. The summed E-state index contributed by atoms with van der Waals surface area (Å²) in [5.74, 6) is -1.03. The van der Waals surface area contributed by atoms with E-state index in [0.717, 1.165) is 12.8 Å². The van der Waals surface area contributed by atoms with Crippen LogP contribution < -0.4 is 0 Å². The molecule has 0 spiro atoms. The summed E-state index contributed by atoms with van der Waals surface area (Å²) in [6.07, 6.45) is 1.95. The number of hydrogen-bond donors (Lipinski definition) is 2. The number of carbonyl (C=O) groups is 2. The molecule has 0 atom stereocenters. The summed E-state index contributed by atoms with van der Waals surface area (Å²) < 4.78 is 5.28. The fourth-order valence-electron chi connectivity index (χ4n) is 3.51. The van der Waals surface area contributed by atoms with Crippen LogP contribution in [0.3, 0.4) is 0 Å². The average Bonchev–Trinajstić information content (AvgIpc) is 2.29. The highest BCUT2D eigenvalue weighted by Crippen LogP contribution is 2.52. The molecule has 23 heavy (non-hydrogen) atoms. The van der Waals surface area contributed by atoms with Crippen molar-refractivity contribution in [2.24, 2.45) is 10.8 Å². The minimum atomic E-state index is -1.28. The molecule has 0 bridgehead atoms. The normalized spacial score (nSPS) is 25.4. The van der Waals surface area contributed by atoms with Gasteiger partial charge in [0, 0.05) is 13.1 Å². The van der Waals surface area contributed by atoms with Crippen LogP contribution in [0.1, 0.15) is 60.3 Å². The zero-order valence-corrected chi connectivity index (χ0v) is 14.8. The molecule has 0 aromatic heterocycles. The van der Waals surface area contributed by atoms with E-state index in [1.807, 2.05) is 0 Å². The topological polar surface area (TPSA) is 87.1 Å². The Morgan fingerprint density at radius 2 is 1.52 bits per heavy atom. The number of aliphatic carboxylic acids is 1. The summed E-state index contributed by atoms with van der Waals surface area (Å²) in [7, 11) is 0. The predicted molar refractivity (Wildman–Crippen MR) is 85.1 cm³/mol. The molecule has 1 aliphatic heterocycles. The summed E-state index contributed by atoms with van der Waals surface area (Å²) in [4.78, 5) is 25.3. The molecule has 2 N–H and O–H groups in total. The lowest BCUT2D eigenvalue weighted by Crippen LogP contribution is -2.72. The zero-order chi connectivity index (χ0) is 17.7. The van der Waals surface area contributed by atoms with Gasteiger partial charge in [-0.1, -0.05) is 13.8 Å². The fourth-order valence-corrected chi connectivity index (χ4v) is 3.51. The van der Waals surface area contributed by atoms with E-state index >= 15 is 0 Å². The second kappa shape index (κ2) is 5.36. The van der Waals surface area contributed by atoms with Gasteiger partial charge in [0.25, 0.3) is 0 Å². The monoisotopic (exact) mass is 327 g/mol. The molecule has 0 aromatic rings. The molecule has 1 saturated carbocycles. The van der Waals surface area contributed by atoms with Gasteiger partial charge in [0.05, 0.1) is 5.60 Å². The van der Waals surface area contributed by atoms with Gasteiger partial charge >= 0.3 is 12.1 Å². The summed E-state index contributed by atoms with van der Waals surface area (Å²) >= 11 is 0. The first kappa shape index (κ1) is 18.0. The number of ether oxygens (including phenoxy) is 1. The van der Waals surface area contributed by atoms with Gasteiger partial charge in [-0.25, -0.2) is 4.79 Å². The highest BCUT2D eigenvalue weighted by Gasteiger charge is 2.65. The number of hydrogen-bond acceptors (Lipinski definition) is 4. The van der Waals surface area contributed by atoms with E-state index < -0.39 is 28.7 Å². The number of carboxylic acid groups (broad SMARTS) is 1. The third-order valence-corrected chi connectivity index (χ3v) is 5.30. The molecule has 1 amide bonds. The quantitative estimate of drug-likeness (QED) is 0.814.